The number of amides is 2. The zero-order valence-corrected chi connectivity index (χ0v) is 14.2. The molecule has 1 fully saturated rings. The Morgan fingerprint density at radius 3 is 2.83 bits per heavy atom. The summed E-state index contributed by atoms with van der Waals surface area (Å²) in [6.07, 6.45) is 3.45. The number of hydrogen-bond acceptors (Lipinski definition) is 5. The van der Waals surface area contributed by atoms with Gasteiger partial charge in [0.15, 0.2) is 4.32 Å². The maximum atomic E-state index is 12.5. The van der Waals surface area contributed by atoms with Gasteiger partial charge in [0.05, 0.1) is 17.6 Å². The van der Waals surface area contributed by atoms with Crippen LogP contribution < -0.4 is 10.2 Å². The number of para-hydroxylation sites is 1. The van der Waals surface area contributed by atoms with Crippen LogP contribution in [0.15, 0.2) is 47.5 Å². The lowest BCUT2D eigenvalue weighted by atomic mass is 10.2. The predicted octanol–water partition coefficient (Wildman–Crippen LogP) is 2.57. The van der Waals surface area contributed by atoms with Gasteiger partial charge in [-0.1, -0.05) is 23.9 Å². The molecule has 122 valence electrons. The summed E-state index contributed by atoms with van der Waals surface area (Å²) in [6.45, 7) is 0. The van der Waals surface area contributed by atoms with Crippen LogP contribution in [0.2, 0.25) is 0 Å². The Morgan fingerprint density at radius 1 is 1.33 bits per heavy atom. The van der Waals surface area contributed by atoms with E-state index in [0.29, 0.717) is 16.2 Å². The first-order valence-electron chi connectivity index (χ1n) is 6.95. The number of carbonyl (C=O) groups is 2. The molecule has 1 aromatic carbocycles. The van der Waals surface area contributed by atoms with E-state index in [-0.39, 0.29) is 10.2 Å². The van der Waals surface area contributed by atoms with Gasteiger partial charge < -0.3 is 9.72 Å². The van der Waals surface area contributed by atoms with Crippen molar-refractivity contribution in [2.75, 3.05) is 7.11 Å². The topological polar surface area (TPSA) is 74.4 Å². The fourth-order valence-corrected chi connectivity index (χ4v) is 3.30. The number of aromatic amines is 1. The number of ether oxygens (including phenoxy) is 1. The van der Waals surface area contributed by atoms with Crippen LogP contribution in [-0.2, 0) is 4.79 Å². The molecule has 0 spiro atoms. The van der Waals surface area contributed by atoms with Crippen LogP contribution in [0.4, 0.5) is 0 Å². The van der Waals surface area contributed by atoms with Gasteiger partial charge in [0.25, 0.3) is 11.8 Å². The molecule has 0 saturated carbocycles. The van der Waals surface area contributed by atoms with Gasteiger partial charge in [0, 0.05) is 11.9 Å². The van der Waals surface area contributed by atoms with E-state index < -0.39 is 5.91 Å². The Morgan fingerprint density at radius 2 is 2.12 bits per heavy atom. The van der Waals surface area contributed by atoms with Crippen molar-refractivity contribution in [3.63, 3.8) is 0 Å². The van der Waals surface area contributed by atoms with Gasteiger partial charge >= 0.3 is 0 Å². The van der Waals surface area contributed by atoms with Gasteiger partial charge in [-0.15, -0.1) is 0 Å². The van der Waals surface area contributed by atoms with Crippen LogP contribution >= 0.6 is 24.0 Å². The van der Waals surface area contributed by atoms with Gasteiger partial charge in [-0.3, -0.25) is 15.0 Å². The first kappa shape index (κ1) is 16.3. The Labute approximate surface area is 147 Å². The molecular formula is C16H13N3O3S2. The average Bonchev–Trinajstić information content (AvgIpc) is 3.19. The van der Waals surface area contributed by atoms with E-state index in [0.717, 1.165) is 22.5 Å². The van der Waals surface area contributed by atoms with Gasteiger partial charge in [-0.25, -0.2) is 0 Å². The molecule has 24 heavy (non-hydrogen) atoms. The Balaban J connectivity index is 1.79. The summed E-state index contributed by atoms with van der Waals surface area (Å²) in [5.74, 6) is -0.421. The highest BCUT2D eigenvalue weighted by Crippen LogP contribution is 2.31. The molecule has 2 aromatic rings. The molecule has 1 saturated heterocycles. The van der Waals surface area contributed by atoms with Gasteiger partial charge in [0.2, 0.25) is 0 Å². The highest BCUT2D eigenvalue weighted by atomic mass is 32.2. The summed E-state index contributed by atoms with van der Waals surface area (Å²) in [5, 5.41) is 1.07. The number of thiocarbonyl (C=S) groups is 1. The summed E-state index contributed by atoms with van der Waals surface area (Å²) in [4.78, 5) is 28.3. The number of methoxy groups -OCH3 is 1. The largest absolute Gasteiger partial charge is 0.496 e. The number of aromatic nitrogens is 1. The zero-order valence-electron chi connectivity index (χ0n) is 12.6. The normalized spacial score (nSPS) is 15.9. The third-order valence-electron chi connectivity index (χ3n) is 3.27. The summed E-state index contributed by atoms with van der Waals surface area (Å²) < 4.78 is 5.42. The van der Waals surface area contributed by atoms with E-state index in [9.17, 15) is 9.59 Å². The van der Waals surface area contributed by atoms with Crippen LogP contribution in [0.5, 0.6) is 5.75 Å². The van der Waals surface area contributed by atoms with Crippen LogP contribution in [0.1, 0.15) is 16.1 Å². The molecule has 8 heteroatoms. The van der Waals surface area contributed by atoms with Crippen molar-refractivity contribution in [3.05, 3.63) is 58.8 Å². The molecule has 1 aliphatic heterocycles. The highest BCUT2D eigenvalue weighted by molar-refractivity contribution is 8.26. The van der Waals surface area contributed by atoms with Crippen molar-refractivity contribution in [2.45, 2.75) is 0 Å². The first-order chi connectivity index (χ1) is 11.6. The van der Waals surface area contributed by atoms with Gasteiger partial charge in [-0.2, -0.15) is 5.01 Å². The zero-order chi connectivity index (χ0) is 17.1. The van der Waals surface area contributed by atoms with Gasteiger partial charge in [-0.05, 0) is 42.6 Å². The van der Waals surface area contributed by atoms with E-state index in [2.05, 4.69) is 10.4 Å². The number of rotatable bonds is 4. The van der Waals surface area contributed by atoms with Crippen LogP contribution in [0.25, 0.3) is 6.08 Å². The molecule has 1 aromatic heterocycles. The quantitative estimate of drug-likeness (QED) is 0.648. The van der Waals surface area contributed by atoms with Crippen molar-refractivity contribution < 1.29 is 14.3 Å². The maximum Gasteiger partial charge on any atom is 0.285 e. The Kier molecular flexibility index (Phi) is 4.68. The highest BCUT2D eigenvalue weighted by Gasteiger charge is 2.34. The SMILES string of the molecule is COc1ccccc1C(=O)NN1C(=O)/C(=C/c2ccc[nH]2)SC1=S. The van der Waals surface area contributed by atoms with Crippen LogP contribution in [-0.4, -0.2) is 33.2 Å². The Hall–Kier alpha value is -2.58. The molecule has 2 N–H and O–H groups in total. The second-order valence-electron chi connectivity index (χ2n) is 4.78. The maximum absolute atomic E-state index is 12.5. The van der Waals surface area contributed by atoms with E-state index in [1.165, 1.54) is 7.11 Å². The van der Waals surface area contributed by atoms with Crippen molar-refractivity contribution in [2.24, 2.45) is 0 Å². The van der Waals surface area contributed by atoms with Crippen molar-refractivity contribution in [1.29, 1.82) is 0 Å². The molecule has 0 aliphatic carbocycles. The second-order valence-corrected chi connectivity index (χ2v) is 6.46. The molecule has 6 nitrogen and oxygen atoms in total. The van der Waals surface area contributed by atoms with Crippen LogP contribution in [0, 0.1) is 0 Å². The summed E-state index contributed by atoms with van der Waals surface area (Å²) >= 11 is 6.32. The molecule has 0 bridgehead atoms. The minimum atomic E-state index is -0.468. The first-order valence-corrected chi connectivity index (χ1v) is 8.18. The second kappa shape index (κ2) is 6.90. The fourth-order valence-electron chi connectivity index (χ4n) is 2.13. The number of thioether (sulfide) groups is 1. The Bertz CT molecular complexity index is 831. The van der Waals surface area contributed by atoms with E-state index in [1.807, 2.05) is 12.1 Å². The number of benzene rings is 1. The average molecular weight is 359 g/mol. The molecular weight excluding hydrogens is 346 g/mol. The standard InChI is InChI=1S/C16H13N3O3S2/c1-22-12-7-3-2-6-11(12)14(20)18-19-15(21)13(24-16(19)23)9-10-5-4-8-17-10/h2-9,17H,1H3,(H,18,20)/b13-9-. The molecule has 2 amide bonds. The number of hydrogen-bond donors (Lipinski definition) is 2. The number of H-pyrrole nitrogens is 1. The van der Waals surface area contributed by atoms with E-state index in [1.54, 1.807) is 36.5 Å². The minimum Gasteiger partial charge on any atom is -0.496 e. The summed E-state index contributed by atoms with van der Waals surface area (Å²) in [7, 11) is 1.48. The third-order valence-corrected chi connectivity index (χ3v) is 4.57. The smallest absolute Gasteiger partial charge is 0.285 e. The van der Waals surface area contributed by atoms with E-state index in [4.69, 9.17) is 17.0 Å². The lowest BCUT2D eigenvalue weighted by Gasteiger charge is -2.16. The molecule has 0 atom stereocenters. The number of nitrogens with one attached hydrogen (secondary N) is 2. The number of nitrogens with zero attached hydrogens (tertiary/aromatic N) is 1. The third kappa shape index (κ3) is 3.19. The molecule has 1 aliphatic rings. The lowest BCUT2D eigenvalue weighted by molar-refractivity contribution is -0.123. The summed E-state index contributed by atoms with van der Waals surface area (Å²) in [5.41, 5.74) is 3.64. The molecule has 2 heterocycles. The molecule has 0 radical (unpaired) electrons. The van der Waals surface area contributed by atoms with Crippen molar-refractivity contribution >= 4 is 46.2 Å². The lowest BCUT2D eigenvalue weighted by Crippen LogP contribution is -2.44. The van der Waals surface area contributed by atoms with Gasteiger partial charge in [0.1, 0.15) is 5.75 Å². The van der Waals surface area contributed by atoms with Crippen LogP contribution in [0.3, 0.4) is 0 Å². The number of hydrazine groups is 1. The molecule has 0 unspecified atom stereocenters. The fraction of sp³-hybridized carbons (Fsp3) is 0.0625. The minimum absolute atomic E-state index is 0.265. The summed E-state index contributed by atoms with van der Waals surface area (Å²) in [6, 6.07) is 10.4. The monoisotopic (exact) mass is 359 g/mol. The number of carbonyl (C=O) groups excluding carboxylic acids is 2. The van der Waals surface area contributed by atoms with E-state index >= 15 is 0 Å². The van der Waals surface area contributed by atoms with Crippen molar-refractivity contribution in [1.82, 2.24) is 15.4 Å². The molecule has 3 rings (SSSR count). The predicted molar refractivity (Wildman–Crippen MR) is 96.3 cm³/mol. The van der Waals surface area contributed by atoms with Crippen molar-refractivity contribution in [3.8, 4) is 5.75 Å².